The highest BCUT2D eigenvalue weighted by atomic mass is 32.1. The highest BCUT2D eigenvalue weighted by Gasteiger charge is 2.38. The maximum absolute atomic E-state index is 15.4. The number of ether oxygens (including phenoxy) is 4. The molecule has 0 radical (unpaired) electrons. The second kappa shape index (κ2) is 9.02. The van der Waals surface area contributed by atoms with Crippen LogP contribution in [0, 0.1) is 6.92 Å². The number of aromatic nitrogens is 4. The quantitative estimate of drug-likeness (QED) is 0.271. The first-order valence-electron chi connectivity index (χ1n) is 11.3. The molecule has 0 bridgehead atoms. The molecule has 36 heavy (non-hydrogen) atoms. The third-order valence-corrected chi connectivity index (χ3v) is 8.26. The lowest BCUT2D eigenvalue weighted by atomic mass is 9.97. The molecule has 0 saturated carbocycles. The maximum atomic E-state index is 15.4. The van der Waals surface area contributed by atoms with E-state index in [1.165, 1.54) is 22.7 Å². The Morgan fingerprint density at radius 1 is 1.11 bits per heavy atom. The minimum Gasteiger partial charge on any atom is -0.496 e. The Labute approximate surface area is 213 Å². The number of hydrogen-bond acceptors (Lipinski definition) is 10. The van der Waals surface area contributed by atoms with E-state index in [0.29, 0.717) is 75.4 Å². The summed E-state index contributed by atoms with van der Waals surface area (Å²) in [6.07, 6.45) is 2.43. The lowest BCUT2D eigenvalue weighted by Crippen LogP contribution is -2.29. The zero-order valence-corrected chi connectivity index (χ0v) is 21.5. The number of nitrogens with zero attached hydrogens (tertiary/aromatic N) is 4. The summed E-state index contributed by atoms with van der Waals surface area (Å²) in [7, 11) is 3.16. The number of furan rings is 1. The molecule has 9 nitrogen and oxygen atoms in total. The van der Waals surface area contributed by atoms with Crippen molar-refractivity contribution in [2.75, 3.05) is 27.4 Å². The third kappa shape index (κ3) is 4.08. The van der Waals surface area contributed by atoms with Gasteiger partial charge in [0.2, 0.25) is 4.96 Å². The van der Waals surface area contributed by atoms with E-state index in [-0.39, 0.29) is 6.61 Å². The van der Waals surface area contributed by atoms with Crippen molar-refractivity contribution in [2.45, 2.75) is 32.0 Å². The predicted octanol–water partition coefficient (Wildman–Crippen LogP) is 5.54. The van der Waals surface area contributed by atoms with Gasteiger partial charge in [-0.05, 0) is 24.3 Å². The number of rotatable bonds is 7. The molecular weight excluding hydrogens is 507 g/mol. The van der Waals surface area contributed by atoms with E-state index in [1.54, 1.807) is 37.1 Å². The zero-order chi connectivity index (χ0) is 24.9. The molecule has 0 unspecified atom stereocenters. The van der Waals surface area contributed by atoms with Crippen LogP contribution >= 0.6 is 22.7 Å². The number of benzene rings is 1. The van der Waals surface area contributed by atoms with Crippen molar-refractivity contribution in [3.8, 4) is 28.1 Å². The minimum absolute atomic E-state index is 0.196. The van der Waals surface area contributed by atoms with Crippen LogP contribution in [0.1, 0.15) is 28.4 Å². The van der Waals surface area contributed by atoms with Crippen molar-refractivity contribution in [3.63, 3.8) is 0 Å². The Balaban J connectivity index is 1.29. The molecule has 1 fully saturated rings. The number of halogens is 1. The zero-order valence-electron chi connectivity index (χ0n) is 19.9. The first-order valence-corrected chi connectivity index (χ1v) is 13.0. The molecule has 1 aliphatic rings. The Morgan fingerprint density at radius 2 is 1.94 bits per heavy atom. The number of imidazole rings is 1. The van der Waals surface area contributed by atoms with E-state index >= 15 is 4.39 Å². The fourth-order valence-electron chi connectivity index (χ4n) is 4.14. The molecule has 0 N–H and O–H groups in total. The Bertz CT molecular complexity index is 1520. The minimum atomic E-state index is -1.44. The van der Waals surface area contributed by atoms with Crippen molar-refractivity contribution in [2.24, 2.45) is 0 Å². The SMILES string of the molecule is COc1cc(OCc2nc(C3(F)CCOCC3)sc2C)c2cc(-c3cn4nc(OC)sc4n3)oc2c1. The first kappa shape index (κ1) is 23.2. The summed E-state index contributed by atoms with van der Waals surface area (Å²) >= 11 is 2.72. The van der Waals surface area contributed by atoms with E-state index in [2.05, 4.69) is 15.1 Å². The first-order chi connectivity index (χ1) is 17.5. The van der Waals surface area contributed by atoms with Crippen LogP contribution in [0.2, 0.25) is 0 Å². The predicted molar refractivity (Wildman–Crippen MR) is 133 cm³/mol. The van der Waals surface area contributed by atoms with Crippen molar-refractivity contribution >= 4 is 38.6 Å². The lowest BCUT2D eigenvalue weighted by molar-refractivity contribution is -0.0117. The summed E-state index contributed by atoms with van der Waals surface area (Å²) in [6.45, 7) is 2.95. The van der Waals surface area contributed by atoms with Crippen LogP contribution in [0.5, 0.6) is 16.7 Å². The van der Waals surface area contributed by atoms with Gasteiger partial charge in [0.25, 0.3) is 5.19 Å². The van der Waals surface area contributed by atoms with E-state index in [9.17, 15) is 0 Å². The van der Waals surface area contributed by atoms with E-state index in [0.717, 1.165) is 10.3 Å². The average Bonchev–Trinajstić information content (AvgIpc) is 3.64. The van der Waals surface area contributed by atoms with E-state index in [4.69, 9.17) is 23.4 Å². The van der Waals surface area contributed by atoms with E-state index in [1.807, 2.05) is 13.0 Å². The molecule has 0 atom stereocenters. The summed E-state index contributed by atoms with van der Waals surface area (Å²) in [5.74, 6) is 1.75. The molecule has 188 valence electrons. The topological polar surface area (TPSA) is 93.1 Å². The molecule has 1 aromatic carbocycles. The second-order valence-corrected chi connectivity index (χ2v) is 10.6. The molecular formula is C24H23FN4O5S2. The van der Waals surface area contributed by atoms with Crippen LogP contribution in [0.3, 0.4) is 0 Å². The van der Waals surface area contributed by atoms with Gasteiger partial charge < -0.3 is 23.4 Å². The summed E-state index contributed by atoms with van der Waals surface area (Å²) < 4.78 is 45.3. The smallest absolute Gasteiger partial charge is 0.294 e. The van der Waals surface area contributed by atoms with Crippen molar-refractivity contribution in [1.29, 1.82) is 0 Å². The number of alkyl halides is 1. The van der Waals surface area contributed by atoms with Gasteiger partial charge in [0.05, 0.1) is 44.7 Å². The largest absolute Gasteiger partial charge is 0.496 e. The van der Waals surface area contributed by atoms with Crippen LogP contribution in [-0.4, -0.2) is 47.0 Å². The van der Waals surface area contributed by atoms with Crippen molar-refractivity contribution in [1.82, 2.24) is 19.6 Å². The van der Waals surface area contributed by atoms with Gasteiger partial charge in [0, 0.05) is 29.9 Å². The van der Waals surface area contributed by atoms with Gasteiger partial charge in [-0.3, -0.25) is 0 Å². The van der Waals surface area contributed by atoms with Gasteiger partial charge in [0.15, 0.2) is 11.4 Å². The number of fused-ring (bicyclic) bond motifs is 2. The lowest BCUT2D eigenvalue weighted by Gasteiger charge is -2.27. The Kier molecular flexibility index (Phi) is 5.81. The Morgan fingerprint density at radius 3 is 2.69 bits per heavy atom. The maximum Gasteiger partial charge on any atom is 0.294 e. The molecule has 0 amide bonds. The molecule has 6 rings (SSSR count). The molecule has 12 heteroatoms. The molecule has 5 aromatic rings. The van der Waals surface area contributed by atoms with Crippen LogP contribution in [0.25, 0.3) is 27.4 Å². The number of hydrogen-bond donors (Lipinski definition) is 0. The molecule has 1 saturated heterocycles. The standard InChI is InChI=1S/C24H23FN4O5S2/c1-13-17(26-21(35-13)24(25)4-6-32-7-5-24)12-33-18-8-14(30-2)9-19-15(18)10-20(34-19)16-11-29-22(27-16)36-23(28-29)31-3/h8-11H,4-7,12H2,1-3H3. The number of thiazole rings is 1. The number of methoxy groups -OCH3 is 2. The molecule has 0 aliphatic carbocycles. The van der Waals surface area contributed by atoms with Gasteiger partial charge in [-0.1, -0.05) is 0 Å². The van der Waals surface area contributed by atoms with Crippen LogP contribution < -0.4 is 14.2 Å². The summed E-state index contributed by atoms with van der Waals surface area (Å²) in [5, 5.41) is 6.11. The molecule has 4 aromatic heterocycles. The Hall–Kier alpha value is -3.22. The highest BCUT2D eigenvalue weighted by molar-refractivity contribution is 7.18. The van der Waals surface area contributed by atoms with Crippen LogP contribution in [0.4, 0.5) is 4.39 Å². The van der Waals surface area contributed by atoms with E-state index < -0.39 is 5.67 Å². The fraction of sp³-hybridized carbons (Fsp3) is 0.375. The van der Waals surface area contributed by atoms with Crippen molar-refractivity contribution in [3.05, 3.63) is 40.0 Å². The second-order valence-electron chi connectivity index (χ2n) is 8.46. The van der Waals surface area contributed by atoms with Crippen molar-refractivity contribution < 1.29 is 27.8 Å². The summed E-state index contributed by atoms with van der Waals surface area (Å²) in [6, 6.07) is 5.48. The van der Waals surface area contributed by atoms with Gasteiger partial charge >= 0.3 is 0 Å². The normalized spacial score (nSPS) is 15.6. The third-order valence-electron chi connectivity index (χ3n) is 6.19. The highest BCUT2D eigenvalue weighted by Crippen LogP contribution is 2.40. The van der Waals surface area contributed by atoms with Gasteiger partial charge in [-0.25, -0.2) is 18.9 Å². The fourth-order valence-corrected chi connectivity index (χ4v) is 5.89. The molecule has 5 heterocycles. The number of aryl methyl sites for hydroxylation is 1. The molecule has 0 spiro atoms. The summed E-state index contributed by atoms with van der Waals surface area (Å²) in [5.41, 5.74) is 0.517. The monoisotopic (exact) mass is 530 g/mol. The van der Waals surface area contributed by atoms with Crippen LogP contribution in [-0.2, 0) is 17.0 Å². The van der Waals surface area contributed by atoms with Crippen LogP contribution in [0.15, 0.2) is 28.8 Å². The van der Waals surface area contributed by atoms with Gasteiger partial charge in [-0.15, -0.1) is 16.4 Å². The van der Waals surface area contributed by atoms with Gasteiger partial charge in [0.1, 0.15) is 34.4 Å². The van der Waals surface area contributed by atoms with Gasteiger partial charge in [-0.2, -0.15) is 0 Å². The summed E-state index contributed by atoms with van der Waals surface area (Å²) in [4.78, 5) is 10.8. The average molecular weight is 531 g/mol. The molecule has 1 aliphatic heterocycles.